The lowest BCUT2D eigenvalue weighted by Crippen LogP contribution is -2.50. The summed E-state index contributed by atoms with van der Waals surface area (Å²) in [4.78, 5) is 38.4. The van der Waals surface area contributed by atoms with Crippen LogP contribution in [0, 0.1) is 6.92 Å². The van der Waals surface area contributed by atoms with Crippen molar-refractivity contribution >= 4 is 24.0 Å². The van der Waals surface area contributed by atoms with E-state index < -0.39 is 0 Å². The van der Waals surface area contributed by atoms with Crippen LogP contribution < -0.4 is 11.3 Å². The maximum Gasteiger partial charge on any atom is 0.338 e. The molecule has 1 aromatic carbocycles. The lowest BCUT2D eigenvalue weighted by molar-refractivity contribution is -0.135. The van der Waals surface area contributed by atoms with Crippen molar-refractivity contribution in [2.45, 2.75) is 59.0 Å². The zero-order valence-electron chi connectivity index (χ0n) is 22.1. The number of rotatable bonds is 6. The number of pyridine rings is 1. The number of hydrogen-bond acceptors (Lipinski definition) is 7. The quantitative estimate of drug-likeness (QED) is 0.204. The summed E-state index contributed by atoms with van der Waals surface area (Å²) in [5.41, 5.74) is 8.56. The van der Waals surface area contributed by atoms with Crippen LogP contribution in [0.15, 0.2) is 29.3 Å². The standard InChI is InChI=1S/C26H32N6O3.C2H6/c1-17-18(5-6-21-22(17)15-35-26(21)34)9-10-31-11-13-32(14-12-31)25(33)20-3-2-4-23-19(20)7-8-24(30-23)28-16-29-27;1-2/h5-8,16,20H,2-4,9-15,27H2,1H3,(H,28,29,30);1-2H3. The van der Waals surface area contributed by atoms with Crippen LogP contribution in [-0.4, -0.2) is 65.7 Å². The van der Waals surface area contributed by atoms with Gasteiger partial charge in [0.05, 0.1) is 11.5 Å². The Morgan fingerprint density at radius 2 is 2.00 bits per heavy atom. The molecule has 3 N–H and O–H groups in total. The third-order valence-corrected chi connectivity index (χ3v) is 7.51. The number of hydrogen-bond donors (Lipinski definition) is 2. The monoisotopic (exact) mass is 506 g/mol. The Balaban J connectivity index is 0.00000156. The Hall–Kier alpha value is -3.30. The first kappa shape index (κ1) is 26.8. The van der Waals surface area contributed by atoms with Gasteiger partial charge in [-0.25, -0.2) is 20.6 Å². The highest BCUT2D eigenvalue weighted by Gasteiger charge is 2.32. The summed E-state index contributed by atoms with van der Waals surface area (Å²) in [6.45, 7) is 10.6. The van der Waals surface area contributed by atoms with Crippen LogP contribution in [0.3, 0.4) is 0 Å². The van der Waals surface area contributed by atoms with Gasteiger partial charge in [0, 0.05) is 44.0 Å². The predicted molar refractivity (Wildman–Crippen MR) is 144 cm³/mol. The van der Waals surface area contributed by atoms with Crippen molar-refractivity contribution in [3.63, 3.8) is 0 Å². The predicted octanol–water partition coefficient (Wildman–Crippen LogP) is 3.02. The van der Waals surface area contributed by atoms with Gasteiger partial charge in [-0.2, -0.15) is 0 Å². The second kappa shape index (κ2) is 12.3. The van der Waals surface area contributed by atoms with Crippen molar-refractivity contribution < 1.29 is 14.3 Å². The fraction of sp³-hybridized carbons (Fsp3) is 0.500. The van der Waals surface area contributed by atoms with Crippen LogP contribution in [0.5, 0.6) is 0 Å². The van der Waals surface area contributed by atoms with Gasteiger partial charge in [0.2, 0.25) is 5.91 Å². The summed E-state index contributed by atoms with van der Waals surface area (Å²) < 4.78 is 5.18. The van der Waals surface area contributed by atoms with Gasteiger partial charge in [0.1, 0.15) is 12.9 Å². The number of nitrogens with zero attached hydrogens (tertiary/aromatic N) is 4. The first-order valence-electron chi connectivity index (χ1n) is 13.3. The highest BCUT2D eigenvalue weighted by molar-refractivity contribution is 5.94. The second-order valence-corrected chi connectivity index (χ2v) is 9.44. The van der Waals surface area contributed by atoms with E-state index in [0.717, 1.165) is 75.2 Å². The number of benzene rings is 1. The van der Waals surface area contributed by atoms with Crippen molar-refractivity contribution in [1.29, 1.82) is 0 Å². The third kappa shape index (κ3) is 5.83. The van der Waals surface area contributed by atoms with E-state index in [1.807, 2.05) is 36.9 Å². The molecule has 9 nitrogen and oxygen atoms in total. The molecule has 3 heterocycles. The highest BCUT2D eigenvalue weighted by atomic mass is 16.5. The number of carbonyl (C=O) groups excluding carboxylic acids is 2. The van der Waals surface area contributed by atoms with Crippen molar-refractivity contribution in [3.8, 4) is 0 Å². The fourth-order valence-corrected chi connectivity index (χ4v) is 5.44. The maximum atomic E-state index is 13.4. The molecule has 1 unspecified atom stereocenters. The summed E-state index contributed by atoms with van der Waals surface area (Å²) in [6, 6.07) is 7.80. The normalized spacial score (nSPS) is 19.1. The largest absolute Gasteiger partial charge is 0.457 e. The van der Waals surface area contributed by atoms with Crippen LogP contribution in [0.4, 0.5) is 5.82 Å². The van der Waals surface area contributed by atoms with Gasteiger partial charge in [-0.1, -0.05) is 26.0 Å². The summed E-state index contributed by atoms with van der Waals surface area (Å²) in [6.07, 6.45) is 5.02. The molecule has 9 heteroatoms. The number of amides is 1. The summed E-state index contributed by atoms with van der Waals surface area (Å²) in [5, 5.41) is 0. The van der Waals surface area contributed by atoms with Crippen LogP contribution in [0.1, 0.15) is 70.9 Å². The number of nitrogens with two attached hydrogens (primary N) is 1. The Kier molecular flexibility index (Phi) is 8.89. The van der Waals surface area contributed by atoms with E-state index in [4.69, 9.17) is 10.6 Å². The lowest BCUT2D eigenvalue weighted by Gasteiger charge is -2.37. The van der Waals surface area contributed by atoms with Crippen molar-refractivity contribution in [2.75, 3.05) is 32.7 Å². The van der Waals surface area contributed by atoms with E-state index >= 15 is 0 Å². The molecular formula is C28H38N6O3. The SMILES string of the molecule is CC.Cc1c(CCN2CCN(C(=O)C3CCCc4nc(N=CNN)ccc43)CC2)ccc2c1COC2=O. The van der Waals surface area contributed by atoms with Crippen molar-refractivity contribution in [1.82, 2.24) is 20.2 Å². The molecule has 2 aromatic rings. The summed E-state index contributed by atoms with van der Waals surface area (Å²) in [5.74, 6) is 5.72. The molecule has 198 valence electrons. The zero-order valence-corrected chi connectivity index (χ0v) is 22.1. The van der Waals surface area contributed by atoms with Gasteiger partial charge in [0.25, 0.3) is 0 Å². The van der Waals surface area contributed by atoms with E-state index in [1.165, 1.54) is 17.5 Å². The minimum absolute atomic E-state index is 0.123. The Morgan fingerprint density at radius 3 is 2.76 bits per heavy atom. The van der Waals surface area contributed by atoms with E-state index in [1.54, 1.807) is 0 Å². The Bertz CT molecular complexity index is 1160. The number of ether oxygens (including phenoxy) is 1. The van der Waals surface area contributed by atoms with Crippen molar-refractivity contribution in [3.05, 3.63) is 57.8 Å². The topological polar surface area (TPSA) is 113 Å². The second-order valence-electron chi connectivity index (χ2n) is 9.44. The third-order valence-electron chi connectivity index (χ3n) is 7.51. The summed E-state index contributed by atoms with van der Waals surface area (Å²) in [7, 11) is 0. The minimum atomic E-state index is -0.218. The smallest absolute Gasteiger partial charge is 0.338 e. The molecule has 1 aliphatic carbocycles. The molecule has 2 aliphatic heterocycles. The highest BCUT2D eigenvalue weighted by Crippen LogP contribution is 2.33. The Morgan fingerprint density at radius 1 is 1.22 bits per heavy atom. The van der Waals surface area contributed by atoms with Crippen LogP contribution in [0.25, 0.3) is 0 Å². The number of hydrazine groups is 1. The number of aliphatic imine (C=N–C) groups is 1. The first-order chi connectivity index (χ1) is 18.0. The summed E-state index contributed by atoms with van der Waals surface area (Å²) >= 11 is 0. The minimum Gasteiger partial charge on any atom is -0.457 e. The van der Waals surface area contributed by atoms with Gasteiger partial charge < -0.3 is 15.1 Å². The van der Waals surface area contributed by atoms with E-state index in [9.17, 15) is 9.59 Å². The molecule has 1 saturated heterocycles. The maximum absolute atomic E-state index is 13.4. The molecule has 1 atom stereocenters. The molecular weight excluding hydrogens is 468 g/mol. The van der Waals surface area contributed by atoms with Crippen LogP contribution in [-0.2, 0) is 29.0 Å². The zero-order chi connectivity index (χ0) is 26.4. The average molecular weight is 507 g/mol. The lowest BCUT2D eigenvalue weighted by atomic mass is 9.84. The number of carbonyl (C=O) groups is 2. The van der Waals surface area contributed by atoms with E-state index in [2.05, 4.69) is 33.3 Å². The molecule has 0 spiro atoms. The average Bonchev–Trinajstić information content (AvgIpc) is 3.33. The van der Waals surface area contributed by atoms with Gasteiger partial charge in [-0.05, 0) is 61.4 Å². The number of cyclic esters (lactones) is 1. The first-order valence-corrected chi connectivity index (χ1v) is 13.3. The molecule has 37 heavy (non-hydrogen) atoms. The molecule has 0 bridgehead atoms. The van der Waals surface area contributed by atoms with E-state index in [-0.39, 0.29) is 17.8 Å². The fourth-order valence-electron chi connectivity index (χ4n) is 5.44. The van der Waals surface area contributed by atoms with Gasteiger partial charge in [0.15, 0.2) is 5.82 Å². The molecule has 0 saturated carbocycles. The van der Waals surface area contributed by atoms with Gasteiger partial charge in [-0.3, -0.25) is 9.69 Å². The molecule has 1 amide bonds. The molecule has 0 radical (unpaired) electrons. The number of nitrogens with one attached hydrogen (secondary N) is 1. The Labute approximate surface area is 219 Å². The van der Waals surface area contributed by atoms with Crippen LogP contribution >= 0.6 is 0 Å². The molecule has 5 rings (SSSR count). The van der Waals surface area contributed by atoms with Gasteiger partial charge in [-0.15, -0.1) is 0 Å². The molecule has 1 aromatic heterocycles. The molecule has 3 aliphatic rings. The number of piperazine rings is 1. The van der Waals surface area contributed by atoms with Gasteiger partial charge >= 0.3 is 5.97 Å². The number of fused-ring (bicyclic) bond motifs is 2. The van der Waals surface area contributed by atoms with Crippen LogP contribution in [0.2, 0.25) is 0 Å². The number of aromatic nitrogens is 1. The van der Waals surface area contributed by atoms with E-state index in [0.29, 0.717) is 18.0 Å². The van der Waals surface area contributed by atoms with Crippen molar-refractivity contribution in [2.24, 2.45) is 10.8 Å². The number of aryl methyl sites for hydroxylation is 1. The number of esters is 1. The molecule has 1 fully saturated rings.